The normalized spacial score (nSPS) is 10.6. The van der Waals surface area contributed by atoms with Crippen LogP contribution in [-0.2, 0) is 0 Å². The fraction of sp³-hybridized carbons (Fsp3) is 0.250. The molecule has 0 aromatic heterocycles. The van der Waals surface area contributed by atoms with Gasteiger partial charge < -0.3 is 4.74 Å². The summed E-state index contributed by atoms with van der Waals surface area (Å²) in [5, 5.41) is 0. The molecule has 0 heterocycles. The molecule has 0 aliphatic heterocycles. The molecule has 0 unspecified atom stereocenters. The summed E-state index contributed by atoms with van der Waals surface area (Å²) in [6.45, 7) is 1.92. The maximum Gasteiger partial charge on any atom is 0.189 e. The highest BCUT2D eigenvalue weighted by Crippen LogP contribution is 2.20. The third-order valence-corrected chi connectivity index (χ3v) is 1.93. The number of allylic oxidation sites excluding steroid dienone is 2. The topological polar surface area (TPSA) is 26.3 Å². The lowest BCUT2D eigenvalue weighted by Gasteiger charge is -2.04. The van der Waals surface area contributed by atoms with Crippen molar-refractivity contribution in [1.29, 1.82) is 0 Å². The molecule has 0 saturated carbocycles. The van der Waals surface area contributed by atoms with Crippen LogP contribution in [0.25, 0.3) is 0 Å². The second-order valence-electron chi connectivity index (χ2n) is 3.02. The lowest BCUT2D eigenvalue weighted by atomic mass is 10.1. The number of hydrogen-bond donors (Lipinski definition) is 0. The third-order valence-electron chi connectivity index (χ3n) is 1.93. The smallest absolute Gasteiger partial charge is 0.189 e. The molecule has 0 atom stereocenters. The van der Waals surface area contributed by atoms with Crippen molar-refractivity contribution in [3.05, 3.63) is 41.7 Å². The summed E-state index contributed by atoms with van der Waals surface area (Å²) in [7, 11) is 1.45. The number of halogens is 1. The van der Waals surface area contributed by atoms with E-state index in [1.54, 1.807) is 6.08 Å². The molecule has 1 aromatic rings. The molecule has 1 rings (SSSR count). The van der Waals surface area contributed by atoms with Crippen molar-refractivity contribution in [3.63, 3.8) is 0 Å². The Labute approximate surface area is 88.4 Å². The van der Waals surface area contributed by atoms with Gasteiger partial charge in [0.1, 0.15) is 11.6 Å². The van der Waals surface area contributed by atoms with Crippen LogP contribution in [0.15, 0.2) is 30.4 Å². The molecule has 0 fully saturated rings. The second kappa shape index (κ2) is 5.29. The fourth-order valence-electron chi connectivity index (χ4n) is 1.19. The first kappa shape index (κ1) is 11.4. The Bertz CT molecular complexity index is 383. The lowest BCUT2D eigenvalue weighted by Crippen LogP contribution is -1.99. The monoisotopic (exact) mass is 208 g/mol. The minimum absolute atomic E-state index is 0.242. The van der Waals surface area contributed by atoms with Crippen LogP contribution in [0, 0.1) is 5.82 Å². The standard InChI is InChI=1S/C12H13FO2/c1-3-4-5-11(14)10-8-9(13)6-7-12(10)15-2/h4-8H,3H2,1-2H3/b5-4+. The molecular formula is C12H13FO2. The van der Waals surface area contributed by atoms with Crippen LogP contribution in [0.5, 0.6) is 5.75 Å². The summed E-state index contributed by atoms with van der Waals surface area (Å²) in [6, 6.07) is 3.89. The number of carbonyl (C=O) groups is 1. The second-order valence-corrected chi connectivity index (χ2v) is 3.02. The van der Waals surface area contributed by atoms with Gasteiger partial charge in [-0.2, -0.15) is 0 Å². The summed E-state index contributed by atoms with van der Waals surface area (Å²) in [6.07, 6.45) is 3.92. The van der Waals surface area contributed by atoms with Crippen molar-refractivity contribution >= 4 is 5.78 Å². The van der Waals surface area contributed by atoms with Crippen molar-refractivity contribution in [2.24, 2.45) is 0 Å². The Morgan fingerprint density at radius 1 is 1.53 bits per heavy atom. The Hall–Kier alpha value is -1.64. The summed E-state index contributed by atoms with van der Waals surface area (Å²) < 4.78 is 17.9. The van der Waals surface area contributed by atoms with E-state index in [0.29, 0.717) is 5.75 Å². The minimum Gasteiger partial charge on any atom is -0.496 e. The predicted octanol–water partition coefficient (Wildman–Crippen LogP) is 2.98. The van der Waals surface area contributed by atoms with Gasteiger partial charge in [-0.1, -0.05) is 13.0 Å². The van der Waals surface area contributed by atoms with Gasteiger partial charge in [-0.15, -0.1) is 0 Å². The van der Waals surface area contributed by atoms with Gasteiger partial charge in [0.2, 0.25) is 0 Å². The molecule has 80 valence electrons. The van der Waals surface area contributed by atoms with Crippen molar-refractivity contribution in [2.45, 2.75) is 13.3 Å². The highest BCUT2D eigenvalue weighted by molar-refractivity contribution is 6.06. The molecule has 0 radical (unpaired) electrons. The Balaban J connectivity index is 3.05. The zero-order chi connectivity index (χ0) is 11.3. The molecule has 0 aliphatic carbocycles. The van der Waals surface area contributed by atoms with Crippen LogP contribution in [0.4, 0.5) is 4.39 Å². The average Bonchev–Trinajstić information content (AvgIpc) is 2.25. The van der Waals surface area contributed by atoms with Crippen LogP contribution in [0.1, 0.15) is 23.7 Å². The average molecular weight is 208 g/mol. The van der Waals surface area contributed by atoms with Crippen LogP contribution in [0.3, 0.4) is 0 Å². The van der Waals surface area contributed by atoms with Gasteiger partial charge in [-0.3, -0.25) is 4.79 Å². The van der Waals surface area contributed by atoms with Crippen molar-refractivity contribution in [3.8, 4) is 5.75 Å². The first-order chi connectivity index (χ1) is 7.19. The lowest BCUT2D eigenvalue weighted by molar-refractivity contribution is 0.104. The van der Waals surface area contributed by atoms with Gasteiger partial charge in [0.15, 0.2) is 5.78 Å². The number of carbonyl (C=O) groups excluding carboxylic acids is 1. The SMILES string of the molecule is CC/C=C/C(=O)c1cc(F)ccc1OC. The van der Waals surface area contributed by atoms with Crippen LogP contribution >= 0.6 is 0 Å². The maximum absolute atomic E-state index is 12.9. The summed E-state index contributed by atoms with van der Waals surface area (Å²) in [4.78, 5) is 11.6. The molecule has 0 amide bonds. The zero-order valence-corrected chi connectivity index (χ0v) is 8.79. The number of ether oxygens (including phenoxy) is 1. The predicted molar refractivity (Wildman–Crippen MR) is 56.7 cm³/mol. The molecule has 0 spiro atoms. The zero-order valence-electron chi connectivity index (χ0n) is 8.79. The van der Waals surface area contributed by atoms with Crippen molar-refractivity contribution in [1.82, 2.24) is 0 Å². The number of methoxy groups -OCH3 is 1. The van der Waals surface area contributed by atoms with E-state index in [1.807, 2.05) is 6.92 Å². The first-order valence-electron chi connectivity index (χ1n) is 4.73. The summed E-state index contributed by atoms with van der Waals surface area (Å²) >= 11 is 0. The van der Waals surface area contributed by atoms with Gasteiger partial charge in [0, 0.05) is 0 Å². The third kappa shape index (κ3) is 2.91. The van der Waals surface area contributed by atoms with E-state index in [-0.39, 0.29) is 11.3 Å². The van der Waals surface area contributed by atoms with E-state index < -0.39 is 5.82 Å². The number of benzene rings is 1. The van der Waals surface area contributed by atoms with E-state index in [9.17, 15) is 9.18 Å². The fourth-order valence-corrected chi connectivity index (χ4v) is 1.19. The van der Waals surface area contributed by atoms with Gasteiger partial charge in [0.25, 0.3) is 0 Å². The molecule has 0 bridgehead atoms. The minimum atomic E-state index is -0.441. The Kier molecular flexibility index (Phi) is 4.03. The maximum atomic E-state index is 12.9. The number of hydrogen-bond acceptors (Lipinski definition) is 2. The van der Waals surface area contributed by atoms with Crippen LogP contribution < -0.4 is 4.74 Å². The quantitative estimate of drug-likeness (QED) is 0.561. The summed E-state index contributed by atoms with van der Waals surface area (Å²) in [5.74, 6) is -0.292. The van der Waals surface area contributed by atoms with Crippen LogP contribution in [0.2, 0.25) is 0 Å². The van der Waals surface area contributed by atoms with E-state index in [1.165, 1.54) is 31.4 Å². The van der Waals surface area contributed by atoms with Crippen molar-refractivity contribution in [2.75, 3.05) is 7.11 Å². The van der Waals surface area contributed by atoms with Gasteiger partial charge in [-0.25, -0.2) is 4.39 Å². The molecule has 3 heteroatoms. The highest BCUT2D eigenvalue weighted by atomic mass is 19.1. The summed E-state index contributed by atoms with van der Waals surface area (Å²) in [5.41, 5.74) is 0.252. The van der Waals surface area contributed by atoms with E-state index in [0.717, 1.165) is 6.42 Å². The molecule has 2 nitrogen and oxygen atoms in total. The molecule has 0 saturated heterocycles. The van der Waals surface area contributed by atoms with E-state index in [2.05, 4.69) is 0 Å². The Morgan fingerprint density at radius 2 is 2.27 bits per heavy atom. The van der Waals surface area contributed by atoms with Crippen molar-refractivity contribution < 1.29 is 13.9 Å². The first-order valence-corrected chi connectivity index (χ1v) is 4.73. The molecule has 1 aromatic carbocycles. The molecular weight excluding hydrogens is 195 g/mol. The number of rotatable bonds is 4. The van der Waals surface area contributed by atoms with E-state index >= 15 is 0 Å². The van der Waals surface area contributed by atoms with Crippen LogP contribution in [-0.4, -0.2) is 12.9 Å². The van der Waals surface area contributed by atoms with E-state index in [4.69, 9.17) is 4.74 Å². The highest BCUT2D eigenvalue weighted by Gasteiger charge is 2.10. The largest absolute Gasteiger partial charge is 0.496 e. The molecule has 15 heavy (non-hydrogen) atoms. The molecule has 0 aliphatic rings. The van der Waals surface area contributed by atoms with Gasteiger partial charge >= 0.3 is 0 Å². The Morgan fingerprint density at radius 3 is 2.87 bits per heavy atom. The number of ketones is 1. The van der Waals surface area contributed by atoms with Gasteiger partial charge in [0.05, 0.1) is 12.7 Å². The molecule has 0 N–H and O–H groups in total. The van der Waals surface area contributed by atoms with Gasteiger partial charge in [-0.05, 0) is 30.7 Å².